The van der Waals surface area contributed by atoms with Gasteiger partial charge in [-0.1, -0.05) is 5.16 Å². The molecule has 82 valence electrons. The van der Waals surface area contributed by atoms with Crippen molar-refractivity contribution in [1.82, 2.24) is 10.1 Å². The molecule has 1 atom stereocenters. The number of carboxylic acids is 1. The summed E-state index contributed by atoms with van der Waals surface area (Å²) in [5, 5.41) is 21.3. The van der Waals surface area contributed by atoms with Crippen LogP contribution in [0.5, 0.6) is 0 Å². The fourth-order valence-corrected chi connectivity index (χ4v) is 1.66. The number of hydrogen-bond acceptors (Lipinski definition) is 5. The highest BCUT2D eigenvalue weighted by atomic mass is 16.5. The van der Waals surface area contributed by atoms with Gasteiger partial charge < -0.3 is 14.7 Å². The number of rotatable bonds is 3. The molecule has 0 aliphatic carbocycles. The predicted molar refractivity (Wildman–Crippen MR) is 49.4 cm³/mol. The monoisotopic (exact) mass is 212 g/mol. The molecule has 1 fully saturated rings. The Labute approximate surface area is 86.1 Å². The lowest BCUT2D eigenvalue weighted by Gasteiger charge is -2.11. The van der Waals surface area contributed by atoms with Crippen LogP contribution in [-0.4, -0.2) is 45.4 Å². The molecule has 0 bridgehead atoms. The normalized spacial score (nSPS) is 22.1. The summed E-state index contributed by atoms with van der Waals surface area (Å²) >= 11 is 0. The minimum atomic E-state index is -1.09. The van der Waals surface area contributed by atoms with Gasteiger partial charge in [0.1, 0.15) is 0 Å². The molecular formula is C9H12N2O4. The summed E-state index contributed by atoms with van der Waals surface area (Å²) in [5.41, 5.74) is -0.0789. The number of nitrogens with zero attached hydrogens (tertiary/aromatic N) is 2. The molecule has 2 rings (SSSR count). The topological polar surface area (TPSA) is 86.8 Å². The van der Waals surface area contributed by atoms with Crippen LogP contribution < -0.4 is 0 Å². The lowest BCUT2D eigenvalue weighted by atomic mass is 10.3. The van der Waals surface area contributed by atoms with Gasteiger partial charge in [0.05, 0.1) is 12.6 Å². The van der Waals surface area contributed by atoms with E-state index in [1.54, 1.807) is 0 Å². The number of aromatic nitrogens is 1. The van der Waals surface area contributed by atoms with Gasteiger partial charge in [-0.3, -0.25) is 4.90 Å². The van der Waals surface area contributed by atoms with Gasteiger partial charge in [0, 0.05) is 19.2 Å². The molecule has 0 amide bonds. The van der Waals surface area contributed by atoms with Crippen molar-refractivity contribution >= 4 is 5.97 Å². The van der Waals surface area contributed by atoms with E-state index in [4.69, 9.17) is 9.63 Å². The van der Waals surface area contributed by atoms with Gasteiger partial charge in [0.15, 0.2) is 11.5 Å². The molecule has 1 saturated heterocycles. The Balaban J connectivity index is 1.96. The first kappa shape index (κ1) is 10.1. The Morgan fingerprint density at radius 2 is 2.53 bits per heavy atom. The summed E-state index contributed by atoms with van der Waals surface area (Å²) in [5.74, 6) is -0.576. The summed E-state index contributed by atoms with van der Waals surface area (Å²) in [6.45, 7) is 1.89. The Hall–Kier alpha value is -1.40. The van der Waals surface area contributed by atoms with Crippen molar-refractivity contribution in [2.24, 2.45) is 0 Å². The van der Waals surface area contributed by atoms with E-state index in [2.05, 4.69) is 5.16 Å². The minimum Gasteiger partial charge on any atom is -0.476 e. The van der Waals surface area contributed by atoms with E-state index in [9.17, 15) is 9.90 Å². The van der Waals surface area contributed by atoms with Crippen LogP contribution in [0, 0.1) is 0 Å². The van der Waals surface area contributed by atoms with Crippen molar-refractivity contribution in [1.29, 1.82) is 0 Å². The Bertz CT molecular complexity index is 363. The van der Waals surface area contributed by atoms with Gasteiger partial charge in [-0.05, 0) is 6.42 Å². The number of carboxylic acid groups (broad SMARTS) is 1. The summed E-state index contributed by atoms with van der Waals surface area (Å²) in [4.78, 5) is 12.5. The fraction of sp³-hybridized carbons (Fsp3) is 0.556. The van der Waals surface area contributed by atoms with Crippen LogP contribution in [0.3, 0.4) is 0 Å². The highest BCUT2D eigenvalue weighted by Gasteiger charge is 2.22. The van der Waals surface area contributed by atoms with Gasteiger partial charge in [-0.15, -0.1) is 0 Å². The van der Waals surface area contributed by atoms with Gasteiger partial charge in [-0.25, -0.2) is 4.79 Å². The van der Waals surface area contributed by atoms with Gasteiger partial charge >= 0.3 is 5.97 Å². The molecule has 1 aliphatic rings. The highest BCUT2D eigenvalue weighted by molar-refractivity contribution is 5.85. The van der Waals surface area contributed by atoms with E-state index in [1.807, 2.05) is 4.90 Å². The molecule has 0 radical (unpaired) electrons. The lowest BCUT2D eigenvalue weighted by Crippen LogP contribution is -2.21. The molecular weight excluding hydrogens is 200 g/mol. The lowest BCUT2D eigenvalue weighted by molar-refractivity contribution is 0.0685. The smallest absolute Gasteiger partial charge is 0.358 e. The largest absolute Gasteiger partial charge is 0.476 e. The van der Waals surface area contributed by atoms with E-state index in [1.165, 1.54) is 6.07 Å². The second-order valence-corrected chi connectivity index (χ2v) is 3.66. The standard InChI is InChI=1S/C9H12N2O4/c12-6-1-2-11(4-6)5-7-3-8(9(13)14)10-15-7/h3,6,12H,1-2,4-5H2,(H,13,14). The van der Waals surface area contributed by atoms with Gasteiger partial charge in [0.2, 0.25) is 0 Å². The quantitative estimate of drug-likeness (QED) is 0.729. The molecule has 0 aromatic carbocycles. The van der Waals surface area contributed by atoms with E-state index in [0.717, 1.165) is 13.0 Å². The van der Waals surface area contributed by atoms with Crippen molar-refractivity contribution in [3.05, 3.63) is 17.5 Å². The Morgan fingerprint density at radius 1 is 1.73 bits per heavy atom. The average molecular weight is 212 g/mol. The molecule has 2 heterocycles. The summed E-state index contributed by atoms with van der Waals surface area (Å²) in [6.07, 6.45) is 0.465. The number of carbonyl (C=O) groups is 1. The highest BCUT2D eigenvalue weighted by Crippen LogP contribution is 2.13. The first-order valence-corrected chi connectivity index (χ1v) is 4.74. The number of β-amino-alcohol motifs (C(OH)–C–C–N with tert-alkyl or cyclic N) is 1. The minimum absolute atomic E-state index is 0.0789. The molecule has 6 heteroatoms. The molecule has 0 spiro atoms. The molecule has 1 aromatic rings. The number of aliphatic hydroxyl groups is 1. The van der Waals surface area contributed by atoms with Crippen LogP contribution in [0.4, 0.5) is 0 Å². The van der Waals surface area contributed by atoms with E-state index in [0.29, 0.717) is 18.8 Å². The fourth-order valence-electron chi connectivity index (χ4n) is 1.66. The maximum absolute atomic E-state index is 10.5. The van der Waals surface area contributed by atoms with Crippen LogP contribution in [0.2, 0.25) is 0 Å². The molecule has 1 aliphatic heterocycles. The Morgan fingerprint density at radius 3 is 3.07 bits per heavy atom. The maximum Gasteiger partial charge on any atom is 0.358 e. The third-order valence-corrected chi connectivity index (χ3v) is 2.41. The second-order valence-electron chi connectivity index (χ2n) is 3.66. The molecule has 1 unspecified atom stereocenters. The van der Waals surface area contributed by atoms with Crippen molar-refractivity contribution in [2.75, 3.05) is 13.1 Å². The zero-order valence-corrected chi connectivity index (χ0v) is 8.09. The number of hydrogen-bond donors (Lipinski definition) is 2. The zero-order valence-electron chi connectivity index (χ0n) is 8.09. The van der Waals surface area contributed by atoms with Gasteiger partial charge in [0.25, 0.3) is 0 Å². The van der Waals surface area contributed by atoms with Gasteiger partial charge in [-0.2, -0.15) is 0 Å². The van der Waals surface area contributed by atoms with E-state index >= 15 is 0 Å². The van der Waals surface area contributed by atoms with Crippen molar-refractivity contribution in [3.8, 4) is 0 Å². The first-order valence-electron chi connectivity index (χ1n) is 4.74. The van der Waals surface area contributed by atoms with Crippen molar-refractivity contribution in [3.63, 3.8) is 0 Å². The third-order valence-electron chi connectivity index (χ3n) is 2.41. The predicted octanol–water partition coefficient (Wildman–Crippen LogP) is -0.0606. The SMILES string of the molecule is O=C(O)c1cc(CN2CCC(O)C2)on1. The zero-order chi connectivity index (χ0) is 10.8. The van der Waals surface area contributed by atoms with Crippen LogP contribution in [-0.2, 0) is 6.54 Å². The summed E-state index contributed by atoms with van der Waals surface area (Å²) in [7, 11) is 0. The molecule has 1 aromatic heterocycles. The molecule has 15 heavy (non-hydrogen) atoms. The first-order chi connectivity index (χ1) is 7.15. The van der Waals surface area contributed by atoms with Crippen LogP contribution >= 0.6 is 0 Å². The third kappa shape index (κ3) is 2.34. The van der Waals surface area contributed by atoms with Crippen LogP contribution in [0.25, 0.3) is 0 Å². The van der Waals surface area contributed by atoms with Crippen LogP contribution in [0.15, 0.2) is 10.6 Å². The molecule has 0 saturated carbocycles. The van der Waals surface area contributed by atoms with E-state index in [-0.39, 0.29) is 11.8 Å². The Kier molecular flexibility index (Phi) is 2.70. The molecule has 6 nitrogen and oxygen atoms in total. The van der Waals surface area contributed by atoms with E-state index < -0.39 is 5.97 Å². The molecule has 2 N–H and O–H groups in total. The number of aromatic carboxylic acids is 1. The number of likely N-dealkylation sites (tertiary alicyclic amines) is 1. The van der Waals surface area contributed by atoms with Crippen molar-refractivity contribution < 1.29 is 19.5 Å². The average Bonchev–Trinajstić information content (AvgIpc) is 2.76. The number of aliphatic hydroxyl groups excluding tert-OH is 1. The second kappa shape index (κ2) is 4.00. The maximum atomic E-state index is 10.5. The summed E-state index contributed by atoms with van der Waals surface area (Å²) in [6, 6.07) is 1.41. The van der Waals surface area contributed by atoms with Crippen LogP contribution in [0.1, 0.15) is 22.7 Å². The van der Waals surface area contributed by atoms with Crippen molar-refractivity contribution in [2.45, 2.75) is 19.1 Å². The summed E-state index contributed by atoms with van der Waals surface area (Å²) < 4.78 is 4.87.